The minimum absolute atomic E-state index is 0. The molecule has 1 heterocycles. The summed E-state index contributed by atoms with van der Waals surface area (Å²) in [5.74, 6) is 0. The zero-order valence-electron chi connectivity index (χ0n) is 10.5. The largest absolute Gasteiger partial charge is 0.313 e. The van der Waals surface area contributed by atoms with E-state index in [4.69, 9.17) is 0 Å². The normalized spacial score (nSPS) is 19.7. The average molecular weight is 255 g/mol. The smallest absolute Gasteiger partial charge is 0.0206 e. The maximum Gasteiger partial charge on any atom is 0.0206 e. The molecule has 1 aromatic carbocycles. The van der Waals surface area contributed by atoms with E-state index >= 15 is 0 Å². The standard InChI is InChI=1S/C14H22N2.ClH/c1-12-5-7-13(8-6-12)10-15-11-14-4-2-3-9-16-14;/h5-8,14-16H,2-4,9-11H2,1H3;1H. The number of rotatable bonds is 4. The van der Waals surface area contributed by atoms with Crippen molar-refractivity contribution in [1.29, 1.82) is 0 Å². The Morgan fingerprint density at radius 2 is 2.00 bits per heavy atom. The van der Waals surface area contributed by atoms with Crippen molar-refractivity contribution in [3.63, 3.8) is 0 Å². The number of hydrogen-bond acceptors (Lipinski definition) is 2. The van der Waals surface area contributed by atoms with Crippen molar-refractivity contribution in [1.82, 2.24) is 10.6 Å². The van der Waals surface area contributed by atoms with Crippen molar-refractivity contribution in [2.24, 2.45) is 0 Å². The summed E-state index contributed by atoms with van der Waals surface area (Å²) in [5.41, 5.74) is 2.71. The quantitative estimate of drug-likeness (QED) is 0.863. The van der Waals surface area contributed by atoms with Crippen LogP contribution in [0.1, 0.15) is 30.4 Å². The fourth-order valence-electron chi connectivity index (χ4n) is 2.19. The highest BCUT2D eigenvalue weighted by Gasteiger charge is 2.11. The topological polar surface area (TPSA) is 24.1 Å². The molecule has 2 rings (SSSR count). The fourth-order valence-corrected chi connectivity index (χ4v) is 2.19. The van der Waals surface area contributed by atoms with Gasteiger partial charge in [0, 0.05) is 19.1 Å². The van der Waals surface area contributed by atoms with Crippen molar-refractivity contribution in [3.8, 4) is 0 Å². The van der Waals surface area contributed by atoms with E-state index in [1.165, 1.54) is 36.9 Å². The second-order valence-corrected chi connectivity index (χ2v) is 4.76. The van der Waals surface area contributed by atoms with Crippen molar-refractivity contribution >= 4 is 12.4 Å². The summed E-state index contributed by atoms with van der Waals surface area (Å²) in [5, 5.41) is 7.08. The summed E-state index contributed by atoms with van der Waals surface area (Å²) < 4.78 is 0. The number of hydrogen-bond donors (Lipinski definition) is 2. The first-order chi connectivity index (χ1) is 7.84. The molecule has 0 bridgehead atoms. The molecule has 0 amide bonds. The molecule has 0 aromatic heterocycles. The van der Waals surface area contributed by atoms with Gasteiger partial charge in [-0.1, -0.05) is 36.2 Å². The highest BCUT2D eigenvalue weighted by molar-refractivity contribution is 5.85. The summed E-state index contributed by atoms with van der Waals surface area (Å²) in [7, 11) is 0. The molecule has 1 aromatic rings. The zero-order chi connectivity index (χ0) is 11.2. The van der Waals surface area contributed by atoms with Crippen LogP contribution in [0, 0.1) is 6.92 Å². The van der Waals surface area contributed by atoms with E-state index in [1.807, 2.05) is 0 Å². The maximum absolute atomic E-state index is 3.55. The van der Waals surface area contributed by atoms with Crippen LogP contribution in [0.3, 0.4) is 0 Å². The van der Waals surface area contributed by atoms with Gasteiger partial charge in [-0.3, -0.25) is 0 Å². The molecular formula is C14H23ClN2. The Labute approximate surface area is 111 Å². The zero-order valence-corrected chi connectivity index (χ0v) is 11.4. The molecule has 1 unspecified atom stereocenters. The number of piperidine rings is 1. The lowest BCUT2D eigenvalue weighted by atomic mass is 10.1. The second kappa shape index (κ2) is 7.70. The molecule has 1 atom stereocenters. The van der Waals surface area contributed by atoms with E-state index in [2.05, 4.69) is 41.8 Å². The van der Waals surface area contributed by atoms with Gasteiger partial charge in [-0.25, -0.2) is 0 Å². The Hall–Kier alpha value is -0.570. The van der Waals surface area contributed by atoms with Crippen molar-refractivity contribution in [2.75, 3.05) is 13.1 Å². The first kappa shape index (κ1) is 14.5. The van der Waals surface area contributed by atoms with E-state index in [-0.39, 0.29) is 12.4 Å². The van der Waals surface area contributed by atoms with Gasteiger partial charge in [0.25, 0.3) is 0 Å². The molecule has 2 nitrogen and oxygen atoms in total. The molecule has 2 N–H and O–H groups in total. The molecule has 1 fully saturated rings. The van der Waals surface area contributed by atoms with Gasteiger partial charge in [0.1, 0.15) is 0 Å². The monoisotopic (exact) mass is 254 g/mol. The molecule has 1 aliphatic heterocycles. The second-order valence-electron chi connectivity index (χ2n) is 4.76. The van der Waals surface area contributed by atoms with Gasteiger partial charge >= 0.3 is 0 Å². The third kappa shape index (κ3) is 5.07. The fraction of sp³-hybridized carbons (Fsp3) is 0.571. The molecular weight excluding hydrogens is 232 g/mol. The summed E-state index contributed by atoms with van der Waals surface area (Å²) in [6.45, 7) is 5.40. The number of nitrogens with one attached hydrogen (secondary N) is 2. The Morgan fingerprint density at radius 3 is 2.65 bits per heavy atom. The molecule has 1 saturated heterocycles. The first-order valence-electron chi connectivity index (χ1n) is 6.34. The van der Waals surface area contributed by atoms with Gasteiger partial charge < -0.3 is 10.6 Å². The van der Waals surface area contributed by atoms with E-state index in [1.54, 1.807) is 0 Å². The molecule has 0 radical (unpaired) electrons. The van der Waals surface area contributed by atoms with Crippen LogP contribution in [-0.2, 0) is 6.54 Å². The Morgan fingerprint density at radius 1 is 1.24 bits per heavy atom. The molecule has 17 heavy (non-hydrogen) atoms. The van der Waals surface area contributed by atoms with Crippen LogP contribution >= 0.6 is 12.4 Å². The SMILES string of the molecule is Cc1ccc(CNCC2CCCCN2)cc1.Cl. The van der Waals surface area contributed by atoms with E-state index in [9.17, 15) is 0 Å². The van der Waals surface area contributed by atoms with Crippen LogP contribution < -0.4 is 10.6 Å². The van der Waals surface area contributed by atoms with E-state index < -0.39 is 0 Å². The highest BCUT2D eigenvalue weighted by Crippen LogP contribution is 2.06. The summed E-state index contributed by atoms with van der Waals surface area (Å²) >= 11 is 0. The molecule has 1 aliphatic rings. The van der Waals surface area contributed by atoms with Gasteiger partial charge in [0.05, 0.1) is 0 Å². The number of halogens is 1. The van der Waals surface area contributed by atoms with E-state index in [0.717, 1.165) is 13.1 Å². The third-order valence-electron chi connectivity index (χ3n) is 3.25. The molecule has 3 heteroatoms. The third-order valence-corrected chi connectivity index (χ3v) is 3.25. The minimum Gasteiger partial charge on any atom is -0.313 e. The lowest BCUT2D eigenvalue weighted by molar-refractivity contribution is 0.383. The van der Waals surface area contributed by atoms with Gasteiger partial charge in [-0.15, -0.1) is 12.4 Å². The molecule has 0 aliphatic carbocycles. The van der Waals surface area contributed by atoms with Crippen molar-refractivity contribution < 1.29 is 0 Å². The van der Waals surface area contributed by atoms with Crippen LogP contribution in [0.5, 0.6) is 0 Å². The van der Waals surface area contributed by atoms with Crippen LogP contribution in [0.25, 0.3) is 0 Å². The Kier molecular flexibility index (Phi) is 6.56. The van der Waals surface area contributed by atoms with Crippen LogP contribution in [0.15, 0.2) is 24.3 Å². The van der Waals surface area contributed by atoms with Gasteiger partial charge in [-0.05, 0) is 31.9 Å². The number of benzene rings is 1. The number of aryl methyl sites for hydroxylation is 1. The minimum atomic E-state index is 0. The Bertz CT molecular complexity index is 305. The Balaban J connectivity index is 0.00000144. The van der Waals surface area contributed by atoms with Gasteiger partial charge in [0.15, 0.2) is 0 Å². The van der Waals surface area contributed by atoms with Gasteiger partial charge in [0.2, 0.25) is 0 Å². The van der Waals surface area contributed by atoms with Crippen molar-refractivity contribution in [3.05, 3.63) is 35.4 Å². The first-order valence-corrected chi connectivity index (χ1v) is 6.34. The summed E-state index contributed by atoms with van der Waals surface area (Å²) in [4.78, 5) is 0. The van der Waals surface area contributed by atoms with E-state index in [0.29, 0.717) is 6.04 Å². The predicted molar refractivity (Wildman–Crippen MR) is 75.8 cm³/mol. The van der Waals surface area contributed by atoms with Crippen LogP contribution in [-0.4, -0.2) is 19.1 Å². The summed E-state index contributed by atoms with van der Waals surface area (Å²) in [6, 6.07) is 9.44. The summed E-state index contributed by atoms with van der Waals surface area (Å²) in [6.07, 6.45) is 4.04. The van der Waals surface area contributed by atoms with Crippen molar-refractivity contribution in [2.45, 2.75) is 38.8 Å². The van der Waals surface area contributed by atoms with Crippen LogP contribution in [0.2, 0.25) is 0 Å². The lowest BCUT2D eigenvalue weighted by Crippen LogP contribution is -2.41. The lowest BCUT2D eigenvalue weighted by Gasteiger charge is -2.23. The van der Waals surface area contributed by atoms with Gasteiger partial charge in [-0.2, -0.15) is 0 Å². The average Bonchev–Trinajstić information content (AvgIpc) is 2.33. The maximum atomic E-state index is 3.55. The predicted octanol–water partition coefficient (Wildman–Crippen LogP) is 2.65. The highest BCUT2D eigenvalue weighted by atomic mass is 35.5. The van der Waals surface area contributed by atoms with Crippen LogP contribution in [0.4, 0.5) is 0 Å². The molecule has 96 valence electrons. The molecule has 0 spiro atoms. The molecule has 0 saturated carbocycles.